The minimum atomic E-state index is -1.00. The zero-order valence-corrected chi connectivity index (χ0v) is 6.02. The first-order valence-electron chi connectivity index (χ1n) is 3.01. The topological polar surface area (TPSA) is 64.4 Å². The first kappa shape index (κ1) is 7.59. The molecule has 1 aromatic heterocycles. The number of carbonyl (C=O) groups is 1. The number of ether oxygens (including phenoxy) is 1. The number of hydrogen-bond donors (Lipinski definition) is 1. The summed E-state index contributed by atoms with van der Waals surface area (Å²) in [5.41, 5.74) is 0. The zero-order valence-electron chi connectivity index (χ0n) is 6.02. The molecule has 0 saturated carbocycles. The lowest BCUT2D eigenvalue weighted by molar-refractivity contribution is -0.139. The molecule has 5 heteroatoms. The third-order valence-corrected chi connectivity index (χ3v) is 1.02. The molecule has 0 aliphatic carbocycles. The average Bonchev–Trinajstić information content (AvgIpc) is 2.31. The standard InChI is InChI=1S/C6H8N2O3/c1-8-2-5(7-4-8)11-3-6(9)10/h2,4H,3H2,1H3,(H,9,10). The van der Waals surface area contributed by atoms with E-state index in [1.807, 2.05) is 0 Å². The molecule has 0 fully saturated rings. The fourth-order valence-corrected chi connectivity index (χ4v) is 0.599. The number of nitrogens with zero attached hydrogens (tertiary/aromatic N) is 2. The predicted octanol–water partition coefficient (Wildman–Crippen LogP) is -0.117. The SMILES string of the molecule is Cn1cnc(OCC(=O)O)c1. The Morgan fingerprint density at radius 1 is 1.91 bits per heavy atom. The maximum atomic E-state index is 10.0. The molecular weight excluding hydrogens is 148 g/mol. The Hall–Kier alpha value is -1.52. The van der Waals surface area contributed by atoms with Crippen molar-refractivity contribution < 1.29 is 14.6 Å². The van der Waals surface area contributed by atoms with Crippen LogP contribution in [0.3, 0.4) is 0 Å². The molecule has 1 aromatic rings. The summed E-state index contributed by atoms with van der Waals surface area (Å²) in [4.78, 5) is 13.8. The molecule has 0 aromatic carbocycles. The average molecular weight is 156 g/mol. The summed E-state index contributed by atoms with van der Waals surface area (Å²) in [5.74, 6) is -0.675. The summed E-state index contributed by atoms with van der Waals surface area (Å²) in [7, 11) is 1.78. The lowest BCUT2D eigenvalue weighted by Gasteiger charge is -1.95. The van der Waals surface area contributed by atoms with Gasteiger partial charge in [0.15, 0.2) is 6.61 Å². The molecule has 5 nitrogen and oxygen atoms in total. The van der Waals surface area contributed by atoms with Crippen LogP contribution in [0.15, 0.2) is 12.5 Å². The Morgan fingerprint density at radius 2 is 2.64 bits per heavy atom. The number of carboxylic acids is 1. The van der Waals surface area contributed by atoms with Gasteiger partial charge in [-0.05, 0) is 0 Å². The molecule has 0 saturated heterocycles. The van der Waals surface area contributed by atoms with Crippen LogP contribution in [0.5, 0.6) is 5.88 Å². The zero-order chi connectivity index (χ0) is 8.27. The molecule has 0 aliphatic rings. The first-order chi connectivity index (χ1) is 5.18. The van der Waals surface area contributed by atoms with Crippen LogP contribution >= 0.6 is 0 Å². The van der Waals surface area contributed by atoms with Gasteiger partial charge >= 0.3 is 5.97 Å². The van der Waals surface area contributed by atoms with E-state index in [0.717, 1.165) is 0 Å². The number of aromatic nitrogens is 2. The molecule has 0 aliphatic heterocycles. The van der Waals surface area contributed by atoms with Gasteiger partial charge < -0.3 is 14.4 Å². The van der Waals surface area contributed by atoms with Crippen molar-refractivity contribution in [1.82, 2.24) is 9.55 Å². The Labute approximate surface area is 63.2 Å². The van der Waals surface area contributed by atoms with Crippen LogP contribution in [0, 0.1) is 0 Å². The first-order valence-corrected chi connectivity index (χ1v) is 3.01. The van der Waals surface area contributed by atoms with E-state index in [0.29, 0.717) is 5.88 Å². The maximum Gasteiger partial charge on any atom is 0.341 e. The van der Waals surface area contributed by atoms with Gasteiger partial charge in [-0.3, -0.25) is 0 Å². The van der Waals surface area contributed by atoms with Gasteiger partial charge in [-0.1, -0.05) is 0 Å². The van der Waals surface area contributed by atoms with E-state index in [1.165, 1.54) is 6.33 Å². The third-order valence-electron chi connectivity index (χ3n) is 1.02. The summed E-state index contributed by atoms with van der Waals surface area (Å²) in [5, 5.41) is 8.22. The van der Waals surface area contributed by atoms with Crippen LogP contribution in [0.4, 0.5) is 0 Å². The summed E-state index contributed by atoms with van der Waals surface area (Å²) < 4.78 is 6.43. The molecular formula is C6H8N2O3. The molecule has 0 bridgehead atoms. The third kappa shape index (κ3) is 2.29. The van der Waals surface area contributed by atoms with Gasteiger partial charge in [-0.25, -0.2) is 9.78 Å². The van der Waals surface area contributed by atoms with E-state index >= 15 is 0 Å². The molecule has 1 heterocycles. The lowest BCUT2D eigenvalue weighted by Crippen LogP contribution is -2.09. The highest BCUT2D eigenvalue weighted by molar-refractivity contribution is 5.68. The van der Waals surface area contributed by atoms with Crippen molar-refractivity contribution in [2.24, 2.45) is 7.05 Å². The van der Waals surface area contributed by atoms with Gasteiger partial charge in [0, 0.05) is 7.05 Å². The summed E-state index contributed by atoms with van der Waals surface area (Å²) in [6.45, 7) is -0.350. The normalized spacial score (nSPS) is 9.55. The van der Waals surface area contributed by atoms with Crippen molar-refractivity contribution in [2.75, 3.05) is 6.61 Å². The van der Waals surface area contributed by atoms with Gasteiger partial charge in [0.25, 0.3) is 0 Å². The number of imidazole rings is 1. The van der Waals surface area contributed by atoms with E-state index < -0.39 is 5.97 Å². The highest BCUT2D eigenvalue weighted by Gasteiger charge is 2.00. The number of hydrogen-bond acceptors (Lipinski definition) is 3. The van der Waals surface area contributed by atoms with Crippen molar-refractivity contribution in [3.05, 3.63) is 12.5 Å². The Balaban J connectivity index is 2.45. The quantitative estimate of drug-likeness (QED) is 0.662. The fraction of sp³-hybridized carbons (Fsp3) is 0.333. The van der Waals surface area contributed by atoms with E-state index in [1.54, 1.807) is 17.8 Å². The van der Waals surface area contributed by atoms with Crippen molar-refractivity contribution in [3.8, 4) is 5.88 Å². The lowest BCUT2D eigenvalue weighted by atomic mass is 10.7. The van der Waals surface area contributed by atoms with Gasteiger partial charge in [0.1, 0.15) is 0 Å². The second kappa shape index (κ2) is 3.05. The molecule has 11 heavy (non-hydrogen) atoms. The molecule has 1 N–H and O–H groups in total. The van der Waals surface area contributed by atoms with Crippen molar-refractivity contribution in [3.63, 3.8) is 0 Å². The molecule has 1 rings (SSSR count). The molecule has 0 amide bonds. The van der Waals surface area contributed by atoms with Crippen LogP contribution in [0.25, 0.3) is 0 Å². The van der Waals surface area contributed by atoms with Crippen LogP contribution in [-0.4, -0.2) is 27.2 Å². The van der Waals surface area contributed by atoms with E-state index in [9.17, 15) is 4.79 Å². The molecule has 0 unspecified atom stereocenters. The van der Waals surface area contributed by atoms with Crippen LogP contribution in [-0.2, 0) is 11.8 Å². The van der Waals surface area contributed by atoms with Crippen LogP contribution in [0.2, 0.25) is 0 Å². The number of aliphatic carboxylic acids is 1. The fourth-order valence-electron chi connectivity index (χ4n) is 0.599. The Kier molecular flexibility index (Phi) is 2.10. The minimum absolute atomic E-state index is 0.329. The number of carboxylic acid groups (broad SMARTS) is 1. The summed E-state index contributed by atoms with van der Waals surface area (Å²) in [6, 6.07) is 0. The van der Waals surface area contributed by atoms with Crippen molar-refractivity contribution in [2.45, 2.75) is 0 Å². The maximum absolute atomic E-state index is 10.0. The molecule has 0 radical (unpaired) electrons. The second-order valence-corrected chi connectivity index (χ2v) is 2.06. The van der Waals surface area contributed by atoms with Crippen molar-refractivity contribution in [1.29, 1.82) is 0 Å². The smallest absolute Gasteiger partial charge is 0.341 e. The molecule has 0 spiro atoms. The number of aryl methyl sites for hydroxylation is 1. The highest BCUT2D eigenvalue weighted by atomic mass is 16.5. The Bertz CT molecular complexity index is 256. The number of rotatable bonds is 3. The van der Waals surface area contributed by atoms with E-state index in [4.69, 9.17) is 9.84 Å². The minimum Gasteiger partial charge on any atom is -0.479 e. The summed E-state index contributed by atoms with van der Waals surface area (Å²) in [6.07, 6.45) is 3.14. The largest absolute Gasteiger partial charge is 0.479 e. The predicted molar refractivity (Wildman–Crippen MR) is 36.3 cm³/mol. The van der Waals surface area contributed by atoms with E-state index in [-0.39, 0.29) is 6.61 Å². The Morgan fingerprint density at radius 3 is 3.09 bits per heavy atom. The monoisotopic (exact) mass is 156 g/mol. The van der Waals surface area contributed by atoms with E-state index in [2.05, 4.69) is 4.98 Å². The van der Waals surface area contributed by atoms with Gasteiger partial charge in [0.05, 0.1) is 12.5 Å². The van der Waals surface area contributed by atoms with Gasteiger partial charge in [-0.2, -0.15) is 0 Å². The van der Waals surface area contributed by atoms with Gasteiger partial charge in [0.2, 0.25) is 5.88 Å². The second-order valence-electron chi connectivity index (χ2n) is 2.06. The summed E-state index contributed by atoms with van der Waals surface area (Å²) >= 11 is 0. The van der Waals surface area contributed by atoms with Gasteiger partial charge in [-0.15, -0.1) is 0 Å². The van der Waals surface area contributed by atoms with Crippen molar-refractivity contribution >= 4 is 5.97 Å². The van der Waals surface area contributed by atoms with Crippen LogP contribution < -0.4 is 4.74 Å². The molecule has 0 atom stereocenters. The molecule has 60 valence electrons. The highest BCUT2D eigenvalue weighted by Crippen LogP contribution is 2.02. The van der Waals surface area contributed by atoms with Crippen LogP contribution in [0.1, 0.15) is 0 Å².